The van der Waals surface area contributed by atoms with Crippen LogP contribution >= 0.6 is 7.82 Å². The quantitative estimate of drug-likeness (QED) is 0.0272. The van der Waals surface area contributed by atoms with Crippen molar-refractivity contribution in [2.75, 3.05) is 40.9 Å². The largest absolute Gasteiger partial charge is 0.756 e. The van der Waals surface area contributed by atoms with Gasteiger partial charge in [0, 0.05) is 6.42 Å². The number of nitrogens with one attached hydrogen (secondary N) is 1. The highest BCUT2D eigenvalue weighted by Crippen LogP contribution is 2.38. The number of amides is 1. The molecule has 0 aliphatic heterocycles. The molecule has 1 amide bonds. The fraction of sp³-hybridized carbons (Fsp3) is 0.742. The van der Waals surface area contributed by atoms with Crippen molar-refractivity contribution in [3.8, 4) is 0 Å². The van der Waals surface area contributed by atoms with Gasteiger partial charge in [-0.2, -0.15) is 0 Å². The molecule has 75 heavy (non-hydrogen) atoms. The molecule has 0 fully saturated rings. The Morgan fingerprint density at radius 2 is 0.813 bits per heavy atom. The highest BCUT2D eigenvalue weighted by molar-refractivity contribution is 7.45. The molecule has 0 radical (unpaired) electrons. The Balaban J connectivity index is 4.17. The van der Waals surface area contributed by atoms with Crippen LogP contribution in [0.15, 0.2) is 97.2 Å². The SMILES string of the molecule is CC/C=C\C/C=C\C/C=C\C/C=C\C/C=C\C/C=C\C/C=C\CCCCCCCCCCCCCC(=O)NC(COP(=O)([O-])OCC[N+](C)(C)C)C(O)/C=C/CCCCCCCCCCCCCCCCCCCC. The van der Waals surface area contributed by atoms with E-state index in [9.17, 15) is 19.4 Å². The number of quaternary nitrogens is 1. The number of nitrogens with zero attached hydrogens (tertiary/aromatic N) is 1. The summed E-state index contributed by atoms with van der Waals surface area (Å²) in [6, 6.07) is -0.895. The van der Waals surface area contributed by atoms with Crippen LogP contribution in [0.2, 0.25) is 0 Å². The minimum Gasteiger partial charge on any atom is -0.756 e. The molecule has 9 heteroatoms. The average molecular weight is 1070 g/mol. The smallest absolute Gasteiger partial charge is 0.268 e. The third kappa shape index (κ3) is 58.9. The topological polar surface area (TPSA) is 108 Å². The molecule has 0 aromatic heterocycles. The molecule has 8 nitrogen and oxygen atoms in total. The van der Waals surface area contributed by atoms with Crippen molar-refractivity contribution in [1.82, 2.24) is 5.32 Å². The zero-order valence-electron chi connectivity index (χ0n) is 49.5. The maximum absolute atomic E-state index is 13.0. The summed E-state index contributed by atoms with van der Waals surface area (Å²) in [5, 5.41) is 13.9. The van der Waals surface area contributed by atoms with Crippen molar-refractivity contribution in [1.29, 1.82) is 0 Å². The first-order valence-corrected chi connectivity index (χ1v) is 32.6. The third-order valence-corrected chi connectivity index (χ3v) is 14.5. The van der Waals surface area contributed by atoms with Gasteiger partial charge in [0.15, 0.2) is 0 Å². The number of carbonyl (C=O) groups excluding carboxylic acids is 1. The first-order chi connectivity index (χ1) is 36.5. The lowest BCUT2D eigenvalue weighted by Crippen LogP contribution is -2.45. The second kappa shape index (κ2) is 56.2. The second-order valence-electron chi connectivity index (χ2n) is 22.0. The molecule has 0 aromatic carbocycles. The van der Waals surface area contributed by atoms with E-state index in [-0.39, 0.29) is 19.1 Å². The zero-order chi connectivity index (χ0) is 54.9. The third-order valence-electron chi connectivity index (χ3n) is 13.5. The number of hydrogen-bond acceptors (Lipinski definition) is 6. The number of phosphoric acid groups is 1. The van der Waals surface area contributed by atoms with Gasteiger partial charge in [-0.25, -0.2) is 0 Å². The van der Waals surface area contributed by atoms with E-state index < -0.39 is 20.0 Å². The van der Waals surface area contributed by atoms with Crippen LogP contribution in [0.1, 0.15) is 264 Å². The van der Waals surface area contributed by atoms with Crippen LogP contribution in [-0.4, -0.2) is 68.5 Å². The van der Waals surface area contributed by atoms with Gasteiger partial charge < -0.3 is 28.8 Å². The Morgan fingerprint density at radius 1 is 0.480 bits per heavy atom. The second-order valence-corrected chi connectivity index (χ2v) is 23.4. The summed E-state index contributed by atoms with van der Waals surface area (Å²) in [6.07, 6.45) is 80.6. The predicted molar refractivity (Wildman–Crippen MR) is 325 cm³/mol. The van der Waals surface area contributed by atoms with Crippen molar-refractivity contribution < 1.29 is 32.9 Å². The number of phosphoric ester groups is 1. The molecular weight excluding hydrogens is 948 g/mol. The molecule has 0 bridgehead atoms. The van der Waals surface area contributed by atoms with Gasteiger partial charge in [-0.05, 0) is 77.0 Å². The Bertz CT molecular complexity index is 1540. The maximum Gasteiger partial charge on any atom is 0.268 e. The molecule has 0 spiro atoms. The van der Waals surface area contributed by atoms with E-state index in [1.54, 1.807) is 6.08 Å². The molecule has 0 heterocycles. The Morgan fingerprint density at radius 3 is 1.19 bits per heavy atom. The van der Waals surface area contributed by atoms with Gasteiger partial charge in [-0.1, -0.05) is 278 Å². The molecule has 2 N–H and O–H groups in total. The van der Waals surface area contributed by atoms with E-state index in [0.717, 1.165) is 83.5 Å². The molecule has 0 saturated heterocycles. The van der Waals surface area contributed by atoms with Crippen molar-refractivity contribution in [3.05, 3.63) is 97.2 Å². The van der Waals surface area contributed by atoms with Crippen LogP contribution in [0, 0.1) is 0 Å². The number of aliphatic hydroxyl groups excluding tert-OH is 1. The summed E-state index contributed by atoms with van der Waals surface area (Å²) in [5.74, 6) is -0.202. The minimum atomic E-state index is -4.61. The Kier molecular flexibility index (Phi) is 54.2. The minimum absolute atomic E-state index is 0.00506. The predicted octanol–water partition coefficient (Wildman–Crippen LogP) is 18.7. The lowest BCUT2D eigenvalue weighted by Gasteiger charge is -2.29. The average Bonchev–Trinajstić information content (AvgIpc) is 3.37. The van der Waals surface area contributed by atoms with Crippen LogP contribution < -0.4 is 10.2 Å². The van der Waals surface area contributed by atoms with Crippen molar-refractivity contribution in [2.24, 2.45) is 0 Å². The van der Waals surface area contributed by atoms with Gasteiger partial charge in [-0.3, -0.25) is 9.36 Å². The van der Waals surface area contributed by atoms with E-state index in [1.807, 2.05) is 27.2 Å². The van der Waals surface area contributed by atoms with Crippen LogP contribution in [0.4, 0.5) is 0 Å². The summed E-state index contributed by atoms with van der Waals surface area (Å²) in [4.78, 5) is 25.6. The fourth-order valence-corrected chi connectivity index (χ4v) is 9.45. The number of carbonyl (C=O) groups is 1. The molecule has 0 saturated carbocycles. The van der Waals surface area contributed by atoms with Gasteiger partial charge in [0.2, 0.25) is 5.91 Å². The summed E-state index contributed by atoms with van der Waals surface area (Å²) in [5.41, 5.74) is 0. The van der Waals surface area contributed by atoms with E-state index in [0.29, 0.717) is 17.4 Å². The monoisotopic (exact) mass is 1070 g/mol. The van der Waals surface area contributed by atoms with E-state index in [4.69, 9.17) is 9.05 Å². The van der Waals surface area contributed by atoms with E-state index in [2.05, 4.69) is 104 Å². The number of likely N-dealkylation sites (N-methyl/N-ethyl adjacent to an activating group) is 1. The zero-order valence-corrected chi connectivity index (χ0v) is 50.4. The summed E-state index contributed by atoms with van der Waals surface area (Å²) >= 11 is 0. The van der Waals surface area contributed by atoms with Crippen LogP contribution in [0.5, 0.6) is 0 Å². The van der Waals surface area contributed by atoms with Crippen LogP contribution in [0.3, 0.4) is 0 Å². The summed E-state index contributed by atoms with van der Waals surface area (Å²) < 4.78 is 23.4. The van der Waals surface area contributed by atoms with Gasteiger partial charge in [0.05, 0.1) is 39.9 Å². The summed E-state index contributed by atoms with van der Waals surface area (Å²) in [7, 11) is 1.25. The highest BCUT2D eigenvalue weighted by atomic mass is 31.2. The van der Waals surface area contributed by atoms with Crippen LogP contribution in [-0.2, 0) is 18.4 Å². The highest BCUT2D eigenvalue weighted by Gasteiger charge is 2.23. The van der Waals surface area contributed by atoms with Gasteiger partial charge >= 0.3 is 0 Å². The molecule has 0 aliphatic rings. The Hall–Kier alpha value is -2.58. The van der Waals surface area contributed by atoms with Crippen molar-refractivity contribution >= 4 is 13.7 Å². The van der Waals surface area contributed by atoms with Gasteiger partial charge in [0.25, 0.3) is 7.82 Å². The molecule has 3 unspecified atom stereocenters. The molecule has 0 rings (SSSR count). The van der Waals surface area contributed by atoms with Crippen LogP contribution in [0.25, 0.3) is 0 Å². The lowest BCUT2D eigenvalue weighted by atomic mass is 10.0. The number of hydrogen-bond donors (Lipinski definition) is 2. The first-order valence-electron chi connectivity index (χ1n) is 31.1. The summed E-state index contributed by atoms with van der Waals surface area (Å²) in [6.45, 7) is 4.55. The normalized spacial score (nSPS) is 14.5. The Labute approximate surface area is 464 Å². The molecule has 0 aliphatic carbocycles. The standard InChI is InChI=1S/C66H119N2O6P/c1-6-8-10-12-14-16-18-20-22-24-26-28-29-30-31-32-33-34-35-36-37-38-39-40-42-44-46-48-50-52-54-56-58-60-66(70)67-64(63-74-75(71,72)73-62-61-68(3,4)5)65(69)59-57-55-53-51-49-47-45-43-41-27-25-23-21-19-17-15-13-11-9-7-2/h8,10,14,16,20,22,26,28,30-31,33-34,36-37,57,59,64-65,69H,6-7,9,11-13,15,17-19,21,23-25,27,29,32,35,38-56,58,60-63H2,1-5H3,(H-,67,70,71,72)/b10-8-,16-14-,22-20-,28-26-,31-30-,34-33-,37-36-,59-57+. The first kappa shape index (κ1) is 72.4. The molecule has 3 atom stereocenters. The van der Waals surface area contributed by atoms with Crippen molar-refractivity contribution in [2.45, 2.75) is 276 Å². The number of rotatable bonds is 56. The van der Waals surface area contributed by atoms with E-state index in [1.165, 1.54) is 161 Å². The van der Waals surface area contributed by atoms with Gasteiger partial charge in [0.1, 0.15) is 13.2 Å². The maximum atomic E-state index is 13.0. The van der Waals surface area contributed by atoms with Gasteiger partial charge in [-0.15, -0.1) is 0 Å². The fourth-order valence-electron chi connectivity index (χ4n) is 8.72. The number of unbranched alkanes of at least 4 members (excludes halogenated alkanes) is 29. The van der Waals surface area contributed by atoms with E-state index >= 15 is 0 Å². The number of aliphatic hydroxyl groups is 1. The molecular formula is C66H119N2O6P. The molecule has 0 aromatic rings. The lowest BCUT2D eigenvalue weighted by molar-refractivity contribution is -0.870. The van der Waals surface area contributed by atoms with Crippen molar-refractivity contribution in [3.63, 3.8) is 0 Å². The number of allylic oxidation sites excluding steroid dienone is 15. The molecule has 434 valence electrons.